The highest BCUT2D eigenvalue weighted by molar-refractivity contribution is 5.80. The van der Waals surface area contributed by atoms with E-state index in [1.807, 2.05) is 0 Å². The van der Waals surface area contributed by atoms with Gasteiger partial charge >= 0.3 is 0 Å². The quantitative estimate of drug-likeness (QED) is 0.843. The van der Waals surface area contributed by atoms with E-state index >= 15 is 0 Å². The molecule has 0 aliphatic carbocycles. The van der Waals surface area contributed by atoms with Gasteiger partial charge in [0.15, 0.2) is 0 Å². The highest BCUT2D eigenvalue weighted by atomic mass is 16.5. The Labute approximate surface area is 101 Å². The number of rotatable bonds is 2. The van der Waals surface area contributed by atoms with Crippen molar-refractivity contribution < 1.29 is 9.53 Å². The fourth-order valence-corrected chi connectivity index (χ4v) is 2.80. The van der Waals surface area contributed by atoms with Crippen molar-refractivity contribution in [3.8, 4) is 0 Å². The second-order valence-electron chi connectivity index (χ2n) is 4.82. The molecule has 3 rings (SSSR count). The van der Waals surface area contributed by atoms with Crippen molar-refractivity contribution in [2.45, 2.75) is 25.4 Å². The van der Waals surface area contributed by atoms with Gasteiger partial charge in [-0.3, -0.25) is 4.79 Å². The molecule has 1 aromatic carbocycles. The number of hydrogen-bond acceptors (Lipinski definition) is 2. The van der Waals surface area contributed by atoms with E-state index in [1.54, 1.807) is 0 Å². The van der Waals surface area contributed by atoms with Crippen LogP contribution in [0.1, 0.15) is 30.1 Å². The van der Waals surface area contributed by atoms with Gasteiger partial charge in [-0.05, 0) is 30.4 Å². The fraction of sp³-hybridized carbons (Fsp3) is 0.500. The smallest absolute Gasteiger partial charge is 0.223 e. The van der Waals surface area contributed by atoms with Crippen molar-refractivity contribution in [1.29, 1.82) is 0 Å². The number of nitrogens with one attached hydrogen (secondary N) is 1. The number of fused-ring (bicyclic) bond motifs is 1. The van der Waals surface area contributed by atoms with Gasteiger partial charge < -0.3 is 10.1 Å². The molecule has 0 saturated carbocycles. The number of carbonyl (C=O) groups is 1. The molecule has 0 radical (unpaired) electrons. The molecule has 2 aliphatic rings. The summed E-state index contributed by atoms with van der Waals surface area (Å²) in [6.45, 7) is 1.59. The summed E-state index contributed by atoms with van der Waals surface area (Å²) in [5, 5.41) is 2.89. The second-order valence-corrected chi connectivity index (χ2v) is 4.82. The molecule has 1 aromatic rings. The number of hydrogen-bond donors (Lipinski definition) is 1. The second kappa shape index (κ2) is 4.49. The van der Waals surface area contributed by atoms with Gasteiger partial charge in [0.05, 0.1) is 12.7 Å². The summed E-state index contributed by atoms with van der Waals surface area (Å²) in [5.41, 5.74) is 2.65. The summed E-state index contributed by atoms with van der Waals surface area (Å²) in [6.07, 6.45) is 2.86. The standard InChI is InChI=1S/C14H17NO2/c16-14-11(5-7-15-14)9-13-12-4-2-1-3-10(12)6-8-17-13/h1-4,11,13H,5-9H2,(H,15,16). The van der Waals surface area contributed by atoms with Gasteiger partial charge in [-0.2, -0.15) is 0 Å². The molecule has 2 atom stereocenters. The molecule has 3 nitrogen and oxygen atoms in total. The minimum atomic E-state index is 0.105. The van der Waals surface area contributed by atoms with E-state index in [4.69, 9.17) is 4.74 Å². The number of benzene rings is 1. The number of carbonyl (C=O) groups excluding carboxylic acids is 1. The van der Waals surface area contributed by atoms with Gasteiger partial charge in [0.2, 0.25) is 5.91 Å². The first kappa shape index (κ1) is 10.8. The Morgan fingerprint density at radius 1 is 1.35 bits per heavy atom. The molecule has 17 heavy (non-hydrogen) atoms. The van der Waals surface area contributed by atoms with Crippen LogP contribution in [0.25, 0.3) is 0 Å². The summed E-state index contributed by atoms with van der Waals surface area (Å²) in [4.78, 5) is 11.6. The third kappa shape index (κ3) is 2.07. The van der Waals surface area contributed by atoms with Gasteiger partial charge in [0.1, 0.15) is 0 Å². The predicted molar refractivity (Wildman–Crippen MR) is 64.6 cm³/mol. The Hall–Kier alpha value is -1.35. The summed E-state index contributed by atoms with van der Waals surface area (Å²) in [7, 11) is 0. The molecule has 3 heteroatoms. The molecule has 1 saturated heterocycles. The molecule has 1 N–H and O–H groups in total. The lowest BCUT2D eigenvalue weighted by molar-refractivity contribution is -0.123. The van der Waals surface area contributed by atoms with E-state index < -0.39 is 0 Å². The van der Waals surface area contributed by atoms with Crippen molar-refractivity contribution >= 4 is 5.91 Å². The molecule has 2 unspecified atom stereocenters. The first-order valence-electron chi connectivity index (χ1n) is 6.32. The van der Waals surface area contributed by atoms with Gasteiger partial charge in [0, 0.05) is 12.5 Å². The highest BCUT2D eigenvalue weighted by Crippen LogP contribution is 2.33. The summed E-state index contributed by atoms with van der Waals surface area (Å²) < 4.78 is 5.83. The zero-order chi connectivity index (χ0) is 11.7. The van der Waals surface area contributed by atoms with Crippen LogP contribution in [0.4, 0.5) is 0 Å². The zero-order valence-corrected chi connectivity index (χ0v) is 9.82. The molecule has 2 aliphatic heterocycles. The molecular weight excluding hydrogens is 214 g/mol. The van der Waals surface area contributed by atoms with Crippen LogP contribution in [-0.2, 0) is 16.0 Å². The molecular formula is C14H17NO2. The molecule has 0 aromatic heterocycles. The largest absolute Gasteiger partial charge is 0.373 e. The van der Waals surface area contributed by atoms with E-state index in [0.717, 1.165) is 32.4 Å². The lowest BCUT2D eigenvalue weighted by Crippen LogP contribution is -2.23. The van der Waals surface area contributed by atoms with Crippen LogP contribution in [-0.4, -0.2) is 19.1 Å². The number of amides is 1. The van der Waals surface area contributed by atoms with E-state index in [9.17, 15) is 4.79 Å². The Bertz CT molecular complexity index is 430. The predicted octanol–water partition coefficient (Wildman–Crippen LogP) is 1.83. The fourth-order valence-electron chi connectivity index (χ4n) is 2.80. The van der Waals surface area contributed by atoms with E-state index in [-0.39, 0.29) is 17.9 Å². The molecule has 1 amide bonds. The van der Waals surface area contributed by atoms with Crippen molar-refractivity contribution in [2.24, 2.45) is 5.92 Å². The molecule has 1 fully saturated rings. The number of ether oxygens (including phenoxy) is 1. The minimum Gasteiger partial charge on any atom is -0.373 e. The van der Waals surface area contributed by atoms with E-state index in [2.05, 4.69) is 29.6 Å². The molecule has 0 bridgehead atoms. The zero-order valence-electron chi connectivity index (χ0n) is 9.82. The van der Waals surface area contributed by atoms with Crippen LogP contribution < -0.4 is 5.32 Å². The van der Waals surface area contributed by atoms with E-state index in [1.165, 1.54) is 11.1 Å². The Morgan fingerprint density at radius 2 is 2.24 bits per heavy atom. The topological polar surface area (TPSA) is 38.3 Å². The Balaban J connectivity index is 1.78. The average Bonchev–Trinajstić information content (AvgIpc) is 2.76. The summed E-state index contributed by atoms with van der Waals surface area (Å²) in [5.74, 6) is 0.322. The van der Waals surface area contributed by atoms with Crippen LogP contribution in [0, 0.1) is 5.92 Å². The van der Waals surface area contributed by atoms with Crippen LogP contribution in [0.5, 0.6) is 0 Å². The maximum absolute atomic E-state index is 11.6. The molecule has 0 spiro atoms. The molecule has 2 heterocycles. The van der Waals surface area contributed by atoms with E-state index in [0.29, 0.717) is 0 Å². The maximum atomic E-state index is 11.6. The van der Waals surface area contributed by atoms with Gasteiger partial charge in [-0.1, -0.05) is 24.3 Å². The third-order valence-corrected chi connectivity index (χ3v) is 3.75. The average molecular weight is 231 g/mol. The maximum Gasteiger partial charge on any atom is 0.223 e. The molecule has 90 valence electrons. The monoisotopic (exact) mass is 231 g/mol. The first-order chi connectivity index (χ1) is 8.34. The minimum absolute atomic E-state index is 0.105. The first-order valence-corrected chi connectivity index (χ1v) is 6.32. The Morgan fingerprint density at radius 3 is 3.06 bits per heavy atom. The van der Waals surface area contributed by atoms with Gasteiger partial charge in [-0.25, -0.2) is 0 Å². The highest BCUT2D eigenvalue weighted by Gasteiger charge is 2.30. The van der Waals surface area contributed by atoms with Crippen molar-refractivity contribution in [3.05, 3.63) is 35.4 Å². The van der Waals surface area contributed by atoms with Crippen molar-refractivity contribution in [3.63, 3.8) is 0 Å². The Kier molecular flexibility index (Phi) is 2.85. The lowest BCUT2D eigenvalue weighted by Gasteiger charge is -2.27. The SMILES string of the molecule is O=C1NCCC1CC1OCCc2ccccc21. The van der Waals surface area contributed by atoms with Crippen molar-refractivity contribution in [2.75, 3.05) is 13.2 Å². The summed E-state index contributed by atoms with van der Waals surface area (Å²) in [6, 6.07) is 8.42. The normalized spacial score (nSPS) is 27.6. The van der Waals surface area contributed by atoms with Gasteiger partial charge in [-0.15, -0.1) is 0 Å². The third-order valence-electron chi connectivity index (χ3n) is 3.75. The summed E-state index contributed by atoms with van der Waals surface area (Å²) >= 11 is 0. The van der Waals surface area contributed by atoms with Crippen LogP contribution in [0.2, 0.25) is 0 Å². The van der Waals surface area contributed by atoms with Gasteiger partial charge in [0.25, 0.3) is 0 Å². The van der Waals surface area contributed by atoms with Crippen molar-refractivity contribution in [1.82, 2.24) is 5.32 Å². The van der Waals surface area contributed by atoms with Crippen LogP contribution >= 0.6 is 0 Å². The van der Waals surface area contributed by atoms with Crippen LogP contribution in [0.15, 0.2) is 24.3 Å². The van der Waals surface area contributed by atoms with Crippen LogP contribution in [0.3, 0.4) is 0 Å². The lowest BCUT2D eigenvalue weighted by atomic mass is 9.90.